The molecule has 1 fully saturated rings. The minimum Gasteiger partial charge on any atom is -0.497 e. The van der Waals surface area contributed by atoms with E-state index in [0.29, 0.717) is 0 Å². The molecule has 0 radical (unpaired) electrons. The molecule has 1 saturated carbocycles. The fourth-order valence-corrected chi connectivity index (χ4v) is 3.57. The molecule has 21 heavy (non-hydrogen) atoms. The SMILES string of the molecule is COc1ccc2c(c1)nc(C(C)Cl)n2CCC1CCCC1. The molecule has 0 N–H and O–H groups in total. The van der Waals surface area contributed by atoms with E-state index in [-0.39, 0.29) is 5.38 Å². The van der Waals surface area contributed by atoms with Crippen LogP contribution in [0.2, 0.25) is 0 Å². The maximum atomic E-state index is 6.33. The number of alkyl halides is 1. The van der Waals surface area contributed by atoms with Gasteiger partial charge in [0.15, 0.2) is 0 Å². The second kappa shape index (κ2) is 6.27. The summed E-state index contributed by atoms with van der Waals surface area (Å²) in [5, 5.41) is -0.0769. The number of imidazole rings is 1. The highest BCUT2D eigenvalue weighted by Gasteiger charge is 2.19. The Morgan fingerprint density at radius 2 is 2.14 bits per heavy atom. The summed E-state index contributed by atoms with van der Waals surface area (Å²) >= 11 is 6.33. The highest BCUT2D eigenvalue weighted by molar-refractivity contribution is 6.20. The minimum absolute atomic E-state index is 0.0769. The van der Waals surface area contributed by atoms with Gasteiger partial charge in [-0.25, -0.2) is 4.98 Å². The molecule has 1 aromatic carbocycles. The first-order valence-corrected chi connectivity index (χ1v) is 8.31. The topological polar surface area (TPSA) is 27.1 Å². The van der Waals surface area contributed by atoms with Crippen LogP contribution in [-0.4, -0.2) is 16.7 Å². The Bertz CT molecular complexity index is 615. The molecule has 114 valence electrons. The van der Waals surface area contributed by atoms with Crippen molar-refractivity contribution >= 4 is 22.6 Å². The molecule has 3 rings (SSSR count). The summed E-state index contributed by atoms with van der Waals surface area (Å²) < 4.78 is 7.59. The Labute approximate surface area is 131 Å². The lowest BCUT2D eigenvalue weighted by molar-refractivity contribution is 0.415. The summed E-state index contributed by atoms with van der Waals surface area (Å²) in [6.45, 7) is 3.01. The second-order valence-corrected chi connectivity index (χ2v) is 6.69. The number of methoxy groups -OCH3 is 1. The van der Waals surface area contributed by atoms with Crippen LogP contribution in [0.3, 0.4) is 0 Å². The summed E-state index contributed by atoms with van der Waals surface area (Å²) in [5.74, 6) is 2.69. The number of rotatable bonds is 5. The van der Waals surface area contributed by atoms with Gasteiger partial charge >= 0.3 is 0 Å². The molecule has 0 spiro atoms. The van der Waals surface area contributed by atoms with Crippen molar-refractivity contribution < 1.29 is 4.74 Å². The van der Waals surface area contributed by atoms with Gasteiger partial charge in [-0.05, 0) is 31.4 Å². The first kappa shape index (κ1) is 14.7. The van der Waals surface area contributed by atoms with Crippen molar-refractivity contribution in [2.24, 2.45) is 5.92 Å². The van der Waals surface area contributed by atoms with E-state index in [2.05, 4.69) is 10.6 Å². The number of nitrogens with zero attached hydrogens (tertiary/aromatic N) is 2. The molecule has 0 amide bonds. The third kappa shape index (κ3) is 3.03. The van der Waals surface area contributed by atoms with Crippen LogP contribution < -0.4 is 4.74 Å². The molecule has 1 aromatic heterocycles. The number of fused-ring (bicyclic) bond motifs is 1. The fraction of sp³-hybridized carbons (Fsp3) is 0.588. The molecule has 1 atom stereocenters. The van der Waals surface area contributed by atoms with Gasteiger partial charge in [0.25, 0.3) is 0 Å². The first-order chi connectivity index (χ1) is 10.2. The standard InChI is InChI=1S/C17H23ClN2O/c1-12(18)17-19-15-11-14(21-2)7-8-16(15)20(17)10-9-13-5-3-4-6-13/h7-8,11-13H,3-6,9-10H2,1-2H3. The average molecular weight is 307 g/mol. The summed E-state index contributed by atoms with van der Waals surface area (Å²) in [6.07, 6.45) is 6.78. The van der Waals surface area contributed by atoms with E-state index in [9.17, 15) is 0 Å². The number of hydrogen-bond acceptors (Lipinski definition) is 2. The van der Waals surface area contributed by atoms with Crippen LogP contribution in [0.4, 0.5) is 0 Å². The van der Waals surface area contributed by atoms with E-state index in [1.165, 1.54) is 32.1 Å². The Kier molecular flexibility index (Phi) is 4.39. The molecule has 1 unspecified atom stereocenters. The Morgan fingerprint density at radius 3 is 2.81 bits per heavy atom. The molecular weight excluding hydrogens is 284 g/mol. The van der Waals surface area contributed by atoms with E-state index in [4.69, 9.17) is 21.3 Å². The maximum absolute atomic E-state index is 6.33. The molecule has 1 aliphatic rings. The van der Waals surface area contributed by atoms with Gasteiger partial charge in [0.2, 0.25) is 0 Å². The third-order valence-corrected chi connectivity index (χ3v) is 4.77. The average Bonchev–Trinajstić information content (AvgIpc) is 3.11. The molecule has 2 aromatic rings. The van der Waals surface area contributed by atoms with Crippen LogP contribution >= 0.6 is 11.6 Å². The largest absolute Gasteiger partial charge is 0.497 e. The number of aryl methyl sites for hydroxylation is 1. The van der Waals surface area contributed by atoms with Crippen molar-refractivity contribution in [2.75, 3.05) is 7.11 Å². The van der Waals surface area contributed by atoms with Gasteiger partial charge < -0.3 is 9.30 Å². The van der Waals surface area contributed by atoms with Crippen molar-refractivity contribution in [3.05, 3.63) is 24.0 Å². The van der Waals surface area contributed by atoms with Crippen LogP contribution in [0.1, 0.15) is 50.2 Å². The van der Waals surface area contributed by atoms with Crippen molar-refractivity contribution in [1.82, 2.24) is 9.55 Å². The predicted molar refractivity (Wildman–Crippen MR) is 87.1 cm³/mol. The lowest BCUT2D eigenvalue weighted by atomic mass is 10.0. The van der Waals surface area contributed by atoms with Gasteiger partial charge in [-0.2, -0.15) is 0 Å². The van der Waals surface area contributed by atoms with Gasteiger partial charge in [-0.3, -0.25) is 0 Å². The fourth-order valence-electron chi connectivity index (χ4n) is 3.40. The van der Waals surface area contributed by atoms with Crippen LogP contribution in [-0.2, 0) is 6.54 Å². The molecule has 1 heterocycles. The smallest absolute Gasteiger partial charge is 0.127 e. The first-order valence-electron chi connectivity index (χ1n) is 7.87. The Morgan fingerprint density at radius 1 is 1.38 bits per heavy atom. The number of ether oxygens (including phenoxy) is 1. The highest BCUT2D eigenvalue weighted by atomic mass is 35.5. The maximum Gasteiger partial charge on any atom is 0.127 e. The highest BCUT2D eigenvalue weighted by Crippen LogP contribution is 2.31. The summed E-state index contributed by atoms with van der Waals surface area (Å²) in [7, 11) is 1.68. The normalized spacial score (nSPS) is 17.5. The van der Waals surface area contributed by atoms with Crippen LogP contribution in [0.5, 0.6) is 5.75 Å². The molecular formula is C17H23ClN2O. The summed E-state index contributed by atoms with van der Waals surface area (Å²) in [5.41, 5.74) is 2.14. The monoisotopic (exact) mass is 306 g/mol. The quantitative estimate of drug-likeness (QED) is 0.733. The summed E-state index contributed by atoms with van der Waals surface area (Å²) in [4.78, 5) is 4.72. The van der Waals surface area contributed by atoms with Crippen molar-refractivity contribution in [1.29, 1.82) is 0 Å². The number of halogens is 1. The molecule has 4 heteroatoms. The molecule has 0 bridgehead atoms. The van der Waals surface area contributed by atoms with E-state index < -0.39 is 0 Å². The van der Waals surface area contributed by atoms with E-state index in [1.54, 1.807) is 7.11 Å². The second-order valence-electron chi connectivity index (χ2n) is 6.03. The zero-order chi connectivity index (χ0) is 14.8. The van der Waals surface area contributed by atoms with Crippen LogP contribution in [0.25, 0.3) is 11.0 Å². The van der Waals surface area contributed by atoms with Crippen molar-refractivity contribution in [2.45, 2.75) is 50.9 Å². The van der Waals surface area contributed by atoms with Crippen LogP contribution in [0, 0.1) is 5.92 Å². The Hall–Kier alpha value is -1.22. The van der Waals surface area contributed by atoms with Crippen LogP contribution in [0.15, 0.2) is 18.2 Å². The number of benzene rings is 1. The lowest BCUT2D eigenvalue weighted by Crippen LogP contribution is -2.08. The zero-order valence-electron chi connectivity index (χ0n) is 12.8. The molecule has 3 nitrogen and oxygen atoms in total. The molecule has 0 saturated heterocycles. The number of aromatic nitrogens is 2. The van der Waals surface area contributed by atoms with E-state index in [0.717, 1.165) is 35.1 Å². The lowest BCUT2D eigenvalue weighted by Gasteiger charge is -2.13. The third-order valence-electron chi connectivity index (χ3n) is 4.58. The molecule has 0 aliphatic heterocycles. The van der Waals surface area contributed by atoms with Gasteiger partial charge in [-0.1, -0.05) is 25.7 Å². The van der Waals surface area contributed by atoms with Crippen molar-refractivity contribution in [3.8, 4) is 5.75 Å². The van der Waals surface area contributed by atoms with E-state index in [1.807, 2.05) is 19.1 Å². The minimum atomic E-state index is -0.0769. The molecule has 1 aliphatic carbocycles. The van der Waals surface area contributed by atoms with Gasteiger partial charge in [0.1, 0.15) is 11.6 Å². The Balaban J connectivity index is 1.91. The van der Waals surface area contributed by atoms with Crippen molar-refractivity contribution in [3.63, 3.8) is 0 Å². The van der Waals surface area contributed by atoms with Gasteiger partial charge in [0, 0.05) is 12.6 Å². The predicted octanol–water partition coefficient (Wildman–Crippen LogP) is 4.93. The zero-order valence-corrected chi connectivity index (χ0v) is 13.6. The number of hydrogen-bond donors (Lipinski definition) is 0. The van der Waals surface area contributed by atoms with E-state index >= 15 is 0 Å². The van der Waals surface area contributed by atoms with Gasteiger partial charge in [0.05, 0.1) is 23.5 Å². The van der Waals surface area contributed by atoms with Gasteiger partial charge in [-0.15, -0.1) is 11.6 Å². The summed E-state index contributed by atoms with van der Waals surface area (Å²) in [6, 6.07) is 6.08.